The highest BCUT2D eigenvalue weighted by molar-refractivity contribution is 5.64. The van der Waals surface area contributed by atoms with Crippen molar-refractivity contribution in [2.45, 2.75) is 13.0 Å². The lowest BCUT2D eigenvalue weighted by molar-refractivity contribution is -0.384. The van der Waals surface area contributed by atoms with Crippen molar-refractivity contribution in [3.63, 3.8) is 0 Å². The quantitative estimate of drug-likeness (QED) is 0.445. The molecule has 0 saturated heterocycles. The highest BCUT2D eigenvalue weighted by Crippen LogP contribution is 2.31. The molecule has 0 spiro atoms. The molecular formula is C13H18N2O4. The number of aliphatic hydroxyl groups is 2. The van der Waals surface area contributed by atoms with E-state index in [0.717, 1.165) is 0 Å². The molecule has 0 saturated carbocycles. The molecule has 0 aliphatic heterocycles. The Labute approximate surface area is 111 Å². The van der Waals surface area contributed by atoms with Crippen molar-refractivity contribution >= 4 is 11.4 Å². The van der Waals surface area contributed by atoms with E-state index in [-0.39, 0.29) is 18.8 Å². The van der Waals surface area contributed by atoms with Gasteiger partial charge in [0, 0.05) is 19.2 Å². The lowest BCUT2D eigenvalue weighted by Crippen LogP contribution is -2.27. The number of anilines is 1. The molecule has 104 valence electrons. The minimum atomic E-state index is -0.765. The SMILES string of the molecule is C=CCN(CCO)c1ccc(C(C)O)cc1[N+](=O)[O-]. The van der Waals surface area contributed by atoms with Crippen LogP contribution in [0.5, 0.6) is 0 Å². The van der Waals surface area contributed by atoms with Gasteiger partial charge >= 0.3 is 0 Å². The highest BCUT2D eigenvalue weighted by atomic mass is 16.6. The standard InChI is InChI=1S/C13H18N2O4/c1-3-6-14(7-8-16)12-5-4-11(10(2)17)9-13(12)15(18)19/h3-5,9-10,16-17H,1,6-8H2,2H3. The lowest BCUT2D eigenvalue weighted by atomic mass is 10.1. The smallest absolute Gasteiger partial charge is 0.292 e. The molecule has 0 aliphatic rings. The largest absolute Gasteiger partial charge is 0.395 e. The lowest BCUT2D eigenvalue weighted by Gasteiger charge is -2.22. The fourth-order valence-electron chi connectivity index (χ4n) is 1.80. The molecule has 2 N–H and O–H groups in total. The predicted octanol–water partition coefficient (Wildman–Crippen LogP) is 1.63. The van der Waals surface area contributed by atoms with E-state index in [2.05, 4.69) is 6.58 Å². The van der Waals surface area contributed by atoms with Crippen LogP contribution in [0, 0.1) is 10.1 Å². The van der Waals surface area contributed by atoms with E-state index in [1.54, 1.807) is 30.0 Å². The van der Waals surface area contributed by atoms with Crippen molar-refractivity contribution in [2.75, 3.05) is 24.6 Å². The number of hydrogen-bond acceptors (Lipinski definition) is 5. The molecule has 19 heavy (non-hydrogen) atoms. The fourth-order valence-corrected chi connectivity index (χ4v) is 1.80. The van der Waals surface area contributed by atoms with Gasteiger partial charge in [-0.1, -0.05) is 12.1 Å². The van der Waals surface area contributed by atoms with Gasteiger partial charge in [-0.05, 0) is 18.6 Å². The summed E-state index contributed by atoms with van der Waals surface area (Å²) in [5.41, 5.74) is 0.801. The van der Waals surface area contributed by atoms with Crippen LogP contribution in [0.1, 0.15) is 18.6 Å². The monoisotopic (exact) mass is 266 g/mol. The molecule has 1 unspecified atom stereocenters. The summed E-state index contributed by atoms with van der Waals surface area (Å²) >= 11 is 0. The maximum Gasteiger partial charge on any atom is 0.292 e. The van der Waals surface area contributed by atoms with Gasteiger partial charge in [-0.25, -0.2) is 0 Å². The molecule has 1 aromatic carbocycles. The van der Waals surface area contributed by atoms with Gasteiger partial charge < -0.3 is 15.1 Å². The second-order valence-corrected chi connectivity index (χ2v) is 4.14. The molecule has 0 amide bonds. The van der Waals surface area contributed by atoms with E-state index in [9.17, 15) is 15.2 Å². The van der Waals surface area contributed by atoms with Crippen LogP contribution in [0.3, 0.4) is 0 Å². The molecule has 1 aromatic rings. The van der Waals surface area contributed by atoms with E-state index < -0.39 is 11.0 Å². The summed E-state index contributed by atoms with van der Waals surface area (Å²) in [5.74, 6) is 0. The average molecular weight is 266 g/mol. The summed E-state index contributed by atoms with van der Waals surface area (Å²) in [5, 5.41) is 29.6. The average Bonchev–Trinajstić information content (AvgIpc) is 2.37. The van der Waals surface area contributed by atoms with Crippen LogP contribution in [0.2, 0.25) is 0 Å². The molecule has 0 bridgehead atoms. The van der Waals surface area contributed by atoms with Crippen molar-refractivity contribution < 1.29 is 15.1 Å². The van der Waals surface area contributed by atoms with E-state index in [0.29, 0.717) is 17.8 Å². The zero-order chi connectivity index (χ0) is 14.4. The number of nitro benzene ring substituents is 1. The molecule has 0 aromatic heterocycles. The van der Waals surface area contributed by atoms with Crippen molar-refractivity contribution in [3.8, 4) is 0 Å². The maximum absolute atomic E-state index is 11.1. The summed E-state index contributed by atoms with van der Waals surface area (Å²) in [7, 11) is 0. The molecule has 0 radical (unpaired) electrons. The van der Waals surface area contributed by atoms with Crippen molar-refractivity contribution in [2.24, 2.45) is 0 Å². The zero-order valence-corrected chi connectivity index (χ0v) is 10.8. The second-order valence-electron chi connectivity index (χ2n) is 4.14. The third kappa shape index (κ3) is 3.77. The summed E-state index contributed by atoms with van der Waals surface area (Å²) in [6.07, 6.45) is 0.848. The molecule has 0 fully saturated rings. The number of nitro groups is 1. The molecule has 6 heteroatoms. The third-order valence-corrected chi connectivity index (χ3v) is 2.74. The fraction of sp³-hybridized carbons (Fsp3) is 0.385. The van der Waals surface area contributed by atoms with Crippen LogP contribution in [0.4, 0.5) is 11.4 Å². The molecule has 6 nitrogen and oxygen atoms in total. The van der Waals surface area contributed by atoms with Crippen LogP contribution in [0.15, 0.2) is 30.9 Å². The van der Waals surface area contributed by atoms with Gasteiger partial charge in [-0.15, -0.1) is 6.58 Å². The molecule has 0 aliphatic carbocycles. The number of aliphatic hydroxyl groups excluding tert-OH is 2. The van der Waals surface area contributed by atoms with E-state index >= 15 is 0 Å². The first-order valence-electron chi connectivity index (χ1n) is 5.94. The van der Waals surface area contributed by atoms with Crippen LogP contribution in [0.25, 0.3) is 0 Å². The first-order valence-corrected chi connectivity index (χ1v) is 5.94. The zero-order valence-electron chi connectivity index (χ0n) is 10.8. The Kier molecular flexibility index (Phi) is 5.47. The van der Waals surface area contributed by atoms with Crippen molar-refractivity contribution in [3.05, 3.63) is 46.5 Å². The minimum Gasteiger partial charge on any atom is -0.395 e. The van der Waals surface area contributed by atoms with E-state index in [1.165, 1.54) is 6.07 Å². The Hall–Kier alpha value is -1.92. The van der Waals surface area contributed by atoms with Crippen molar-refractivity contribution in [1.82, 2.24) is 0 Å². The minimum absolute atomic E-state index is 0.0892. The topological polar surface area (TPSA) is 86.8 Å². The maximum atomic E-state index is 11.1. The summed E-state index contributed by atoms with van der Waals surface area (Å²) in [6, 6.07) is 4.58. The predicted molar refractivity (Wildman–Crippen MR) is 73.2 cm³/mol. The highest BCUT2D eigenvalue weighted by Gasteiger charge is 2.20. The van der Waals surface area contributed by atoms with Crippen LogP contribution >= 0.6 is 0 Å². The summed E-state index contributed by atoms with van der Waals surface area (Å²) in [4.78, 5) is 12.3. The second kappa shape index (κ2) is 6.86. The van der Waals surface area contributed by atoms with E-state index in [1.807, 2.05) is 0 Å². The van der Waals surface area contributed by atoms with Gasteiger partial charge in [-0.3, -0.25) is 10.1 Å². The Balaban J connectivity index is 3.24. The van der Waals surface area contributed by atoms with Crippen LogP contribution in [-0.2, 0) is 0 Å². The van der Waals surface area contributed by atoms with Gasteiger partial charge in [0.05, 0.1) is 17.6 Å². The Bertz CT molecular complexity index is 460. The van der Waals surface area contributed by atoms with Gasteiger partial charge in [0.25, 0.3) is 5.69 Å². The molecule has 0 heterocycles. The number of hydrogen-bond donors (Lipinski definition) is 2. The van der Waals surface area contributed by atoms with E-state index in [4.69, 9.17) is 5.11 Å². The Morgan fingerprint density at radius 1 is 1.58 bits per heavy atom. The Morgan fingerprint density at radius 3 is 2.74 bits per heavy atom. The van der Waals surface area contributed by atoms with Gasteiger partial charge in [0.2, 0.25) is 0 Å². The van der Waals surface area contributed by atoms with Gasteiger partial charge in [-0.2, -0.15) is 0 Å². The molecular weight excluding hydrogens is 248 g/mol. The number of benzene rings is 1. The summed E-state index contributed by atoms with van der Waals surface area (Å²) < 4.78 is 0. The van der Waals surface area contributed by atoms with Crippen LogP contribution < -0.4 is 4.90 Å². The first-order chi connectivity index (χ1) is 9.01. The molecule has 1 atom stereocenters. The normalized spacial score (nSPS) is 11.9. The number of rotatable bonds is 7. The van der Waals surface area contributed by atoms with Crippen molar-refractivity contribution in [1.29, 1.82) is 0 Å². The number of nitrogens with zero attached hydrogens (tertiary/aromatic N) is 2. The van der Waals surface area contributed by atoms with Gasteiger partial charge in [0.1, 0.15) is 5.69 Å². The molecule has 1 rings (SSSR count). The Morgan fingerprint density at radius 2 is 2.26 bits per heavy atom. The first kappa shape index (κ1) is 15.1. The van der Waals surface area contributed by atoms with Crippen LogP contribution in [-0.4, -0.2) is 34.8 Å². The third-order valence-electron chi connectivity index (χ3n) is 2.74. The van der Waals surface area contributed by atoms with Gasteiger partial charge in [0.15, 0.2) is 0 Å². The summed E-state index contributed by atoms with van der Waals surface area (Å²) in [6.45, 7) is 5.71.